The lowest BCUT2D eigenvalue weighted by Gasteiger charge is -2.37. The summed E-state index contributed by atoms with van der Waals surface area (Å²) in [4.78, 5) is 16.6. The summed E-state index contributed by atoms with van der Waals surface area (Å²) in [5.74, 6) is 0.468. The van der Waals surface area contributed by atoms with Crippen molar-refractivity contribution in [2.75, 3.05) is 6.61 Å². The van der Waals surface area contributed by atoms with E-state index in [2.05, 4.69) is 15.6 Å². The molecule has 0 aliphatic carbocycles. The molecular weight excluding hydrogens is 393 g/mol. The van der Waals surface area contributed by atoms with Crippen LogP contribution in [0, 0.1) is 5.82 Å². The fraction of sp³-hybridized carbons (Fsp3) is 0.455. The van der Waals surface area contributed by atoms with Crippen molar-refractivity contribution in [3.05, 3.63) is 48.0 Å². The van der Waals surface area contributed by atoms with E-state index in [1.807, 2.05) is 26.0 Å². The lowest BCUT2D eigenvalue weighted by Crippen LogP contribution is -2.54. The van der Waals surface area contributed by atoms with E-state index >= 15 is 0 Å². The van der Waals surface area contributed by atoms with Gasteiger partial charge in [0.25, 0.3) is 0 Å². The van der Waals surface area contributed by atoms with E-state index in [4.69, 9.17) is 4.74 Å². The number of carbonyl (C=O) groups excluding carboxylic acids is 1. The maximum Gasteiger partial charge on any atom is 0.222 e. The Hall–Kier alpha value is -2.18. The second-order valence-corrected chi connectivity index (χ2v) is 7.91. The SMILES string of the molecule is CCOc1ccc(F)c(-c2ccnc([C@H]3CCC4(CC(=O)N[C@@H](C)C4)N3)c2)c1.Cl. The maximum atomic E-state index is 14.4. The molecule has 2 aliphatic rings. The van der Waals surface area contributed by atoms with Gasteiger partial charge >= 0.3 is 0 Å². The number of rotatable bonds is 4. The van der Waals surface area contributed by atoms with Crippen molar-refractivity contribution in [2.45, 2.75) is 57.2 Å². The number of ether oxygens (including phenoxy) is 1. The third kappa shape index (κ3) is 4.54. The quantitative estimate of drug-likeness (QED) is 0.780. The van der Waals surface area contributed by atoms with Crippen molar-refractivity contribution in [3.8, 4) is 16.9 Å². The molecule has 3 heterocycles. The Morgan fingerprint density at radius 2 is 2.14 bits per heavy atom. The first-order valence-electron chi connectivity index (χ1n) is 9.94. The molecule has 7 heteroatoms. The number of benzene rings is 1. The van der Waals surface area contributed by atoms with Crippen LogP contribution in [-0.4, -0.2) is 29.1 Å². The number of piperidine rings is 1. The van der Waals surface area contributed by atoms with Crippen LogP contribution in [0.2, 0.25) is 0 Å². The van der Waals surface area contributed by atoms with Gasteiger partial charge in [0.05, 0.1) is 12.3 Å². The van der Waals surface area contributed by atoms with Crippen molar-refractivity contribution in [2.24, 2.45) is 0 Å². The number of carbonyl (C=O) groups is 1. The topological polar surface area (TPSA) is 63.2 Å². The van der Waals surface area contributed by atoms with Gasteiger partial charge in [-0.1, -0.05) is 0 Å². The molecule has 0 bridgehead atoms. The number of hydrogen-bond donors (Lipinski definition) is 2. The summed E-state index contributed by atoms with van der Waals surface area (Å²) in [7, 11) is 0. The first kappa shape index (κ1) is 21.5. The number of hydrogen-bond acceptors (Lipinski definition) is 4. The second-order valence-electron chi connectivity index (χ2n) is 7.91. The summed E-state index contributed by atoms with van der Waals surface area (Å²) in [6, 6.07) is 8.80. The van der Waals surface area contributed by atoms with Gasteiger partial charge in [0.2, 0.25) is 5.91 Å². The molecule has 2 fully saturated rings. The number of aromatic nitrogens is 1. The smallest absolute Gasteiger partial charge is 0.222 e. The monoisotopic (exact) mass is 419 g/mol. The molecule has 3 atom stereocenters. The van der Waals surface area contributed by atoms with Crippen LogP contribution in [0.15, 0.2) is 36.5 Å². The van der Waals surface area contributed by atoms with Gasteiger partial charge in [0.1, 0.15) is 11.6 Å². The van der Waals surface area contributed by atoms with E-state index in [0.717, 1.165) is 30.5 Å². The minimum atomic E-state index is -0.283. The molecule has 2 aromatic rings. The predicted octanol–water partition coefficient (Wildman–Crippen LogP) is 4.17. The average molecular weight is 420 g/mol. The summed E-state index contributed by atoms with van der Waals surface area (Å²) < 4.78 is 20.0. The molecule has 29 heavy (non-hydrogen) atoms. The van der Waals surface area contributed by atoms with E-state index < -0.39 is 0 Å². The highest BCUT2D eigenvalue weighted by Gasteiger charge is 2.44. The molecule has 2 saturated heterocycles. The molecule has 0 saturated carbocycles. The summed E-state index contributed by atoms with van der Waals surface area (Å²) in [5, 5.41) is 6.66. The van der Waals surface area contributed by atoms with Crippen LogP contribution < -0.4 is 15.4 Å². The average Bonchev–Trinajstić information content (AvgIpc) is 3.05. The van der Waals surface area contributed by atoms with Crippen LogP contribution in [0.1, 0.15) is 51.3 Å². The van der Waals surface area contributed by atoms with Crippen LogP contribution in [0.25, 0.3) is 11.1 Å². The zero-order chi connectivity index (χ0) is 19.7. The van der Waals surface area contributed by atoms with Crippen molar-refractivity contribution in [1.82, 2.24) is 15.6 Å². The van der Waals surface area contributed by atoms with Crippen LogP contribution in [-0.2, 0) is 4.79 Å². The van der Waals surface area contributed by atoms with E-state index in [-0.39, 0.29) is 41.8 Å². The van der Waals surface area contributed by atoms with Crippen molar-refractivity contribution < 1.29 is 13.9 Å². The second kappa shape index (κ2) is 8.67. The standard InChI is InChI=1S/C22H26FN3O2.ClH/c1-3-28-16-4-5-18(23)17(11-16)15-7-9-24-20(10-15)19-6-8-22(26-19)12-14(2)25-21(27)13-22;/h4-5,7,9-11,14,19,26H,3,6,8,12-13H2,1-2H3,(H,25,27);1H/t14-,19+,22?;/m0./s1. The first-order chi connectivity index (χ1) is 13.5. The summed E-state index contributed by atoms with van der Waals surface area (Å²) in [6.45, 7) is 4.48. The predicted molar refractivity (Wildman–Crippen MR) is 113 cm³/mol. The Bertz CT molecular complexity index is 894. The number of amides is 1. The Kier molecular flexibility index (Phi) is 6.44. The van der Waals surface area contributed by atoms with Gasteiger partial charge < -0.3 is 15.4 Å². The highest BCUT2D eigenvalue weighted by atomic mass is 35.5. The molecule has 156 valence electrons. The molecule has 1 unspecified atom stereocenters. The zero-order valence-electron chi connectivity index (χ0n) is 16.7. The largest absolute Gasteiger partial charge is 0.494 e. The van der Waals surface area contributed by atoms with E-state index in [1.54, 1.807) is 18.3 Å². The molecule has 2 aliphatic heterocycles. The van der Waals surface area contributed by atoms with E-state index in [9.17, 15) is 9.18 Å². The third-order valence-corrected chi connectivity index (χ3v) is 5.69. The zero-order valence-corrected chi connectivity index (χ0v) is 17.5. The molecular formula is C22H27ClFN3O2. The Morgan fingerprint density at radius 3 is 2.90 bits per heavy atom. The number of nitrogens with one attached hydrogen (secondary N) is 2. The fourth-order valence-corrected chi connectivity index (χ4v) is 4.59. The highest BCUT2D eigenvalue weighted by Crippen LogP contribution is 2.39. The van der Waals surface area contributed by atoms with Crippen LogP contribution in [0.3, 0.4) is 0 Å². The van der Waals surface area contributed by atoms with Gasteiger partial charge in [-0.3, -0.25) is 9.78 Å². The fourth-order valence-electron chi connectivity index (χ4n) is 4.59. The Morgan fingerprint density at radius 1 is 1.31 bits per heavy atom. The molecule has 1 amide bonds. The molecule has 2 N–H and O–H groups in total. The highest BCUT2D eigenvalue weighted by molar-refractivity contribution is 5.85. The van der Waals surface area contributed by atoms with Crippen LogP contribution >= 0.6 is 12.4 Å². The Balaban J connectivity index is 0.00000240. The van der Waals surface area contributed by atoms with Crippen LogP contribution in [0.4, 0.5) is 4.39 Å². The van der Waals surface area contributed by atoms with Crippen LogP contribution in [0.5, 0.6) is 5.75 Å². The number of pyridine rings is 1. The third-order valence-electron chi connectivity index (χ3n) is 5.69. The first-order valence-corrected chi connectivity index (χ1v) is 9.94. The van der Waals surface area contributed by atoms with Gasteiger partial charge in [-0.05, 0) is 69.0 Å². The normalized spacial score (nSPS) is 26.1. The van der Waals surface area contributed by atoms with Gasteiger partial charge in [-0.15, -0.1) is 12.4 Å². The van der Waals surface area contributed by atoms with Gasteiger partial charge in [-0.2, -0.15) is 0 Å². The number of nitrogens with zero attached hydrogens (tertiary/aromatic N) is 1. The minimum Gasteiger partial charge on any atom is -0.494 e. The lowest BCUT2D eigenvalue weighted by atomic mass is 9.83. The van der Waals surface area contributed by atoms with Crippen molar-refractivity contribution in [1.29, 1.82) is 0 Å². The van der Waals surface area contributed by atoms with Gasteiger partial charge in [-0.25, -0.2) is 4.39 Å². The van der Waals surface area contributed by atoms with Crippen molar-refractivity contribution >= 4 is 18.3 Å². The molecule has 0 radical (unpaired) electrons. The van der Waals surface area contributed by atoms with Gasteiger partial charge in [0, 0.05) is 35.8 Å². The summed E-state index contributed by atoms with van der Waals surface area (Å²) >= 11 is 0. The molecule has 1 aromatic carbocycles. The molecule has 1 aromatic heterocycles. The molecule has 4 rings (SSSR count). The summed E-state index contributed by atoms with van der Waals surface area (Å²) in [5.41, 5.74) is 2.01. The van der Waals surface area contributed by atoms with Crippen molar-refractivity contribution in [3.63, 3.8) is 0 Å². The molecule has 1 spiro atoms. The Labute approximate surface area is 176 Å². The van der Waals surface area contributed by atoms with E-state index in [1.165, 1.54) is 6.07 Å². The number of halogens is 2. The maximum absolute atomic E-state index is 14.4. The lowest BCUT2D eigenvalue weighted by molar-refractivity contribution is -0.125. The minimum absolute atomic E-state index is 0. The summed E-state index contributed by atoms with van der Waals surface area (Å²) in [6.07, 6.45) is 4.99. The molecule has 5 nitrogen and oxygen atoms in total. The van der Waals surface area contributed by atoms with E-state index in [0.29, 0.717) is 24.3 Å². The van der Waals surface area contributed by atoms with Gasteiger partial charge in [0.15, 0.2) is 0 Å².